The zero-order chi connectivity index (χ0) is 27.5. The number of hydrogen-bond acceptors (Lipinski definition) is 6. The first-order chi connectivity index (χ1) is 18.0. The number of fused-ring (bicyclic) bond motifs is 1. The molecule has 8 nitrogen and oxygen atoms in total. The third-order valence-electron chi connectivity index (χ3n) is 6.31. The minimum Gasteiger partial charge on any atom is -0.497 e. The van der Waals surface area contributed by atoms with E-state index < -0.39 is 22.0 Å². The van der Waals surface area contributed by atoms with Gasteiger partial charge in [0, 0.05) is 6.07 Å². The molecular weight excluding hydrogens is 504 g/mol. The predicted molar refractivity (Wildman–Crippen MR) is 147 cm³/mol. The van der Waals surface area contributed by atoms with Crippen molar-refractivity contribution in [2.24, 2.45) is 0 Å². The second-order valence-electron chi connectivity index (χ2n) is 10.2. The number of carbonyl (C=O) groups is 1. The van der Waals surface area contributed by atoms with E-state index in [1.54, 1.807) is 49.6 Å². The number of amides is 1. The van der Waals surface area contributed by atoms with Gasteiger partial charge in [-0.25, -0.2) is 8.42 Å². The van der Waals surface area contributed by atoms with Crippen molar-refractivity contribution in [1.29, 1.82) is 0 Å². The summed E-state index contributed by atoms with van der Waals surface area (Å²) in [5.74, 6) is 1.21. The molecule has 0 fully saturated rings. The van der Waals surface area contributed by atoms with Gasteiger partial charge in [-0.1, -0.05) is 50.6 Å². The van der Waals surface area contributed by atoms with Gasteiger partial charge in [0.15, 0.2) is 6.10 Å². The third-order valence-corrected chi connectivity index (χ3v) is 8.10. The molecule has 9 heteroatoms. The summed E-state index contributed by atoms with van der Waals surface area (Å²) in [7, 11) is -2.37. The van der Waals surface area contributed by atoms with Gasteiger partial charge in [0.1, 0.15) is 23.9 Å². The monoisotopic (exact) mass is 538 g/mol. The lowest BCUT2D eigenvalue weighted by atomic mass is 9.86. The molecule has 1 atom stereocenters. The van der Waals surface area contributed by atoms with Crippen LogP contribution in [-0.4, -0.2) is 47.2 Å². The van der Waals surface area contributed by atoms with E-state index in [0.717, 1.165) is 11.1 Å². The Labute approximate surface area is 224 Å². The van der Waals surface area contributed by atoms with Gasteiger partial charge in [0.05, 0.1) is 30.8 Å². The second kappa shape index (κ2) is 10.9. The van der Waals surface area contributed by atoms with Crippen molar-refractivity contribution >= 4 is 21.6 Å². The number of benzene rings is 3. The summed E-state index contributed by atoms with van der Waals surface area (Å²) in [4.78, 5) is 13.2. The van der Waals surface area contributed by atoms with Crippen molar-refractivity contribution in [2.45, 2.75) is 44.1 Å². The van der Waals surface area contributed by atoms with Crippen LogP contribution >= 0.6 is 0 Å². The Morgan fingerprint density at radius 3 is 2.45 bits per heavy atom. The molecular formula is C29H34N2O6S. The van der Waals surface area contributed by atoms with Crippen molar-refractivity contribution in [3.63, 3.8) is 0 Å². The normalized spacial score (nSPS) is 15.3. The number of anilines is 1. The first kappa shape index (κ1) is 27.3. The van der Waals surface area contributed by atoms with Gasteiger partial charge in [-0.15, -0.1) is 0 Å². The van der Waals surface area contributed by atoms with Gasteiger partial charge in [0.25, 0.3) is 15.9 Å². The molecule has 4 rings (SSSR count). The number of hydrogen-bond donors (Lipinski definition) is 1. The molecule has 202 valence electrons. The molecule has 1 aliphatic rings. The van der Waals surface area contributed by atoms with Crippen molar-refractivity contribution in [3.8, 4) is 17.2 Å². The highest BCUT2D eigenvalue weighted by atomic mass is 32.2. The van der Waals surface area contributed by atoms with Crippen LogP contribution < -0.4 is 23.8 Å². The van der Waals surface area contributed by atoms with Gasteiger partial charge < -0.3 is 19.5 Å². The van der Waals surface area contributed by atoms with E-state index in [-0.39, 0.29) is 30.0 Å². The molecule has 0 aliphatic carbocycles. The molecule has 0 spiro atoms. The third kappa shape index (κ3) is 6.05. The van der Waals surface area contributed by atoms with E-state index in [0.29, 0.717) is 22.9 Å². The van der Waals surface area contributed by atoms with E-state index in [2.05, 4.69) is 26.1 Å². The Bertz CT molecular complexity index is 1400. The topological polar surface area (TPSA) is 94.2 Å². The minimum absolute atomic E-state index is 0.153. The molecule has 0 saturated carbocycles. The molecule has 1 aliphatic heterocycles. The number of aryl methyl sites for hydroxylation is 1. The van der Waals surface area contributed by atoms with Crippen LogP contribution in [0.1, 0.15) is 31.9 Å². The van der Waals surface area contributed by atoms with Crippen LogP contribution in [0, 0.1) is 6.92 Å². The standard InChI is InChI=1S/C29H34N2O6S/c1-20-9-12-24(13-10-20)38(33,34)31-19-27(37-26-14-11-21(17-25(26)31)29(2,3)4)28(32)30-15-16-36-23-8-6-7-22(18-23)35-5/h6-14,17-18,27H,15-16,19H2,1-5H3,(H,30,32)/t27-/m1/s1. The van der Waals surface area contributed by atoms with Crippen molar-refractivity contribution in [2.75, 3.05) is 31.1 Å². The number of ether oxygens (including phenoxy) is 3. The first-order valence-electron chi connectivity index (χ1n) is 12.4. The number of methoxy groups -OCH3 is 1. The molecule has 0 radical (unpaired) electrons. The van der Waals surface area contributed by atoms with Crippen molar-refractivity contribution < 1.29 is 27.4 Å². The quantitative estimate of drug-likeness (QED) is 0.426. The maximum atomic E-state index is 13.8. The SMILES string of the molecule is COc1cccc(OCCNC(=O)[C@H]2CN(S(=O)(=O)c3ccc(C)cc3)c3cc(C(C)(C)C)ccc3O2)c1. The number of nitrogens with zero attached hydrogens (tertiary/aromatic N) is 1. The highest BCUT2D eigenvalue weighted by Crippen LogP contribution is 2.40. The molecule has 3 aromatic carbocycles. The van der Waals surface area contributed by atoms with Crippen LogP contribution in [0.15, 0.2) is 71.6 Å². The molecule has 1 heterocycles. The maximum Gasteiger partial charge on any atom is 0.264 e. The molecule has 1 N–H and O–H groups in total. The zero-order valence-corrected chi connectivity index (χ0v) is 23.2. The van der Waals surface area contributed by atoms with Crippen LogP contribution in [-0.2, 0) is 20.2 Å². The summed E-state index contributed by atoms with van der Waals surface area (Å²) < 4.78 is 45.7. The van der Waals surface area contributed by atoms with E-state index in [1.165, 1.54) is 4.31 Å². The van der Waals surface area contributed by atoms with E-state index in [9.17, 15) is 13.2 Å². The van der Waals surface area contributed by atoms with E-state index in [1.807, 2.05) is 31.2 Å². The number of sulfonamides is 1. The zero-order valence-electron chi connectivity index (χ0n) is 22.4. The molecule has 0 aromatic heterocycles. The molecule has 0 unspecified atom stereocenters. The average Bonchev–Trinajstić information content (AvgIpc) is 2.89. The molecule has 0 saturated heterocycles. The molecule has 0 bridgehead atoms. The van der Waals surface area contributed by atoms with Gasteiger partial charge in [-0.05, 0) is 54.3 Å². The summed E-state index contributed by atoms with van der Waals surface area (Å²) in [6.07, 6.45) is -1.03. The summed E-state index contributed by atoms with van der Waals surface area (Å²) in [6, 6.07) is 19.3. The summed E-state index contributed by atoms with van der Waals surface area (Å²) in [5.41, 5.74) is 2.13. The smallest absolute Gasteiger partial charge is 0.264 e. The van der Waals surface area contributed by atoms with Gasteiger partial charge in [0.2, 0.25) is 0 Å². The number of carbonyl (C=O) groups excluding carboxylic acids is 1. The van der Waals surface area contributed by atoms with Gasteiger partial charge >= 0.3 is 0 Å². The highest BCUT2D eigenvalue weighted by molar-refractivity contribution is 7.92. The van der Waals surface area contributed by atoms with Crippen LogP contribution in [0.2, 0.25) is 0 Å². The predicted octanol–water partition coefficient (Wildman–Crippen LogP) is 4.45. The summed E-state index contributed by atoms with van der Waals surface area (Å²) in [6.45, 7) is 8.36. The fourth-order valence-electron chi connectivity index (χ4n) is 4.07. The Kier molecular flexibility index (Phi) is 7.87. The lowest BCUT2D eigenvalue weighted by Crippen LogP contribution is -2.51. The molecule has 1 amide bonds. The van der Waals surface area contributed by atoms with E-state index in [4.69, 9.17) is 14.2 Å². The minimum atomic E-state index is -3.95. The Balaban J connectivity index is 1.54. The number of rotatable bonds is 8. The summed E-state index contributed by atoms with van der Waals surface area (Å²) in [5, 5.41) is 2.80. The summed E-state index contributed by atoms with van der Waals surface area (Å²) >= 11 is 0. The second-order valence-corrected chi connectivity index (χ2v) is 12.1. The number of nitrogens with one attached hydrogen (secondary N) is 1. The lowest BCUT2D eigenvalue weighted by Gasteiger charge is -2.36. The largest absolute Gasteiger partial charge is 0.497 e. The average molecular weight is 539 g/mol. The Hall–Kier alpha value is -3.72. The van der Waals surface area contributed by atoms with Crippen LogP contribution in [0.25, 0.3) is 0 Å². The van der Waals surface area contributed by atoms with Gasteiger partial charge in [-0.3, -0.25) is 9.10 Å². The molecule has 3 aromatic rings. The fraction of sp³-hybridized carbons (Fsp3) is 0.345. The van der Waals surface area contributed by atoms with Crippen LogP contribution in [0.3, 0.4) is 0 Å². The Morgan fingerprint density at radius 1 is 1.05 bits per heavy atom. The highest BCUT2D eigenvalue weighted by Gasteiger charge is 2.38. The first-order valence-corrected chi connectivity index (χ1v) is 13.9. The van der Waals surface area contributed by atoms with Gasteiger partial charge in [-0.2, -0.15) is 0 Å². The lowest BCUT2D eigenvalue weighted by molar-refractivity contribution is -0.127. The van der Waals surface area contributed by atoms with Crippen LogP contribution in [0.4, 0.5) is 5.69 Å². The molecule has 38 heavy (non-hydrogen) atoms. The van der Waals surface area contributed by atoms with Crippen molar-refractivity contribution in [1.82, 2.24) is 5.32 Å². The fourth-order valence-corrected chi connectivity index (χ4v) is 5.54. The Morgan fingerprint density at radius 2 is 1.76 bits per heavy atom. The van der Waals surface area contributed by atoms with E-state index >= 15 is 0 Å². The van der Waals surface area contributed by atoms with Crippen LogP contribution in [0.5, 0.6) is 17.2 Å². The van der Waals surface area contributed by atoms with Crippen molar-refractivity contribution in [3.05, 3.63) is 77.9 Å². The maximum absolute atomic E-state index is 13.8.